The van der Waals surface area contributed by atoms with Gasteiger partial charge < -0.3 is 4.74 Å². The van der Waals surface area contributed by atoms with Crippen molar-refractivity contribution in [3.8, 4) is 5.75 Å². The normalized spacial score (nSPS) is 9.38. The van der Waals surface area contributed by atoms with Gasteiger partial charge in [0, 0.05) is 5.56 Å². The van der Waals surface area contributed by atoms with Crippen LogP contribution in [-0.4, -0.2) is 25.5 Å². The summed E-state index contributed by atoms with van der Waals surface area (Å²) in [6, 6.07) is 5.82. The number of hydrogen-bond donors (Lipinski definition) is 0. The third-order valence-electron chi connectivity index (χ3n) is 1.85. The minimum absolute atomic E-state index is 0.815. The molecule has 1 rings (SSSR count). The molecule has 0 bridgehead atoms. The Bertz CT molecular complexity index is 342. The van der Waals surface area contributed by atoms with Gasteiger partial charge in [0.25, 0.3) is 5.69 Å². The van der Waals surface area contributed by atoms with Gasteiger partial charge in [-0.2, -0.15) is 0 Å². The van der Waals surface area contributed by atoms with Crippen LogP contribution in [0.3, 0.4) is 0 Å². The smallest absolute Gasteiger partial charge is 0.254 e. The molecule has 0 N–H and O–H groups in total. The van der Waals surface area contributed by atoms with Crippen LogP contribution < -0.4 is 4.74 Å². The fourth-order valence-corrected chi connectivity index (χ4v) is 1.28. The largest absolute Gasteiger partial charge is 0.490 e. The molecule has 1 aromatic rings. The van der Waals surface area contributed by atoms with Crippen molar-refractivity contribution in [1.82, 2.24) is 0 Å². The van der Waals surface area contributed by atoms with Gasteiger partial charge in [0.05, 0.1) is 7.11 Å². The molecule has 0 unspecified atom stereocenters. The lowest BCUT2D eigenvalue weighted by atomic mass is 10.1. The summed E-state index contributed by atoms with van der Waals surface area (Å²) < 4.78 is 6.99. The quantitative estimate of drug-likeness (QED) is 0.508. The van der Waals surface area contributed by atoms with Crippen molar-refractivity contribution in [2.45, 2.75) is 0 Å². The van der Waals surface area contributed by atoms with Crippen LogP contribution in [0.5, 0.6) is 5.75 Å². The minimum atomic E-state index is 0.815. The topological polar surface area (TPSA) is 12.2 Å². The first-order chi connectivity index (χ1) is 6.20. The highest BCUT2D eigenvalue weighted by Crippen LogP contribution is 2.30. The second-order valence-electron chi connectivity index (χ2n) is 2.80. The second kappa shape index (κ2) is 3.90. The van der Waals surface area contributed by atoms with Gasteiger partial charge in [0.1, 0.15) is 13.8 Å². The second-order valence-corrected chi connectivity index (χ2v) is 2.80. The zero-order chi connectivity index (χ0) is 9.84. The molecule has 0 amide bonds. The van der Waals surface area contributed by atoms with Gasteiger partial charge in [-0.15, -0.1) is 0 Å². The summed E-state index contributed by atoms with van der Waals surface area (Å²) in [6.07, 6.45) is 1.79. The standard InChI is InChI=1S/C11H14NO/c1-5-9-7-6-8-10(13-4)11(9)12(2)3/h5-8H,1-2H2,3-4H3/q+1. The van der Waals surface area contributed by atoms with Crippen molar-refractivity contribution < 1.29 is 9.31 Å². The van der Waals surface area contributed by atoms with Crippen molar-refractivity contribution in [1.29, 1.82) is 0 Å². The van der Waals surface area contributed by atoms with E-state index in [1.807, 2.05) is 25.2 Å². The maximum atomic E-state index is 5.22. The molecular weight excluding hydrogens is 162 g/mol. The van der Waals surface area contributed by atoms with Gasteiger partial charge in [0.2, 0.25) is 0 Å². The molecule has 0 aliphatic heterocycles. The van der Waals surface area contributed by atoms with Crippen molar-refractivity contribution in [3.05, 3.63) is 30.3 Å². The third-order valence-corrected chi connectivity index (χ3v) is 1.85. The predicted octanol–water partition coefficient (Wildman–Crippen LogP) is 2.31. The van der Waals surface area contributed by atoms with Crippen LogP contribution in [-0.2, 0) is 0 Å². The van der Waals surface area contributed by atoms with Crippen molar-refractivity contribution >= 4 is 18.5 Å². The van der Waals surface area contributed by atoms with Crippen LogP contribution in [0.15, 0.2) is 24.8 Å². The van der Waals surface area contributed by atoms with Gasteiger partial charge >= 0.3 is 0 Å². The summed E-state index contributed by atoms with van der Waals surface area (Å²) in [5, 5.41) is 0. The fourth-order valence-electron chi connectivity index (χ4n) is 1.28. The van der Waals surface area contributed by atoms with Crippen LogP contribution in [0, 0.1) is 0 Å². The molecule has 0 aromatic heterocycles. The SMILES string of the molecule is C=Cc1cccc(OC)c1[N+](=C)C. The highest BCUT2D eigenvalue weighted by atomic mass is 16.5. The molecule has 0 aliphatic rings. The highest BCUT2D eigenvalue weighted by molar-refractivity contribution is 5.66. The minimum Gasteiger partial charge on any atom is -0.490 e. The lowest BCUT2D eigenvalue weighted by molar-refractivity contribution is -0.395. The monoisotopic (exact) mass is 176 g/mol. The molecule has 0 heterocycles. The summed E-state index contributed by atoms with van der Waals surface area (Å²) in [4.78, 5) is 0. The van der Waals surface area contributed by atoms with E-state index in [0.29, 0.717) is 0 Å². The molecule has 0 aliphatic carbocycles. The van der Waals surface area contributed by atoms with Crippen LogP contribution in [0.2, 0.25) is 0 Å². The lowest BCUT2D eigenvalue weighted by Crippen LogP contribution is -1.98. The molecule has 1 aromatic carbocycles. The summed E-state index contributed by atoms with van der Waals surface area (Å²) in [7, 11) is 3.53. The lowest BCUT2D eigenvalue weighted by Gasteiger charge is -2.05. The van der Waals surface area contributed by atoms with E-state index in [0.717, 1.165) is 17.0 Å². The number of ether oxygens (including phenoxy) is 1. The van der Waals surface area contributed by atoms with Gasteiger partial charge in [-0.05, 0) is 12.1 Å². The van der Waals surface area contributed by atoms with E-state index in [-0.39, 0.29) is 0 Å². The van der Waals surface area contributed by atoms with Gasteiger partial charge in [-0.1, -0.05) is 18.7 Å². The Balaban J connectivity index is 3.38. The Kier molecular flexibility index (Phi) is 2.85. The number of para-hydroxylation sites is 1. The van der Waals surface area contributed by atoms with Gasteiger partial charge in [0.15, 0.2) is 5.75 Å². The molecule has 0 atom stereocenters. The van der Waals surface area contributed by atoms with E-state index >= 15 is 0 Å². The summed E-state index contributed by atoms with van der Waals surface area (Å²) in [5.41, 5.74) is 1.98. The molecule has 2 nitrogen and oxygen atoms in total. The Hall–Kier alpha value is -1.57. The van der Waals surface area contributed by atoms with Crippen LogP contribution in [0.25, 0.3) is 6.08 Å². The van der Waals surface area contributed by atoms with E-state index in [4.69, 9.17) is 4.74 Å². The van der Waals surface area contributed by atoms with Crippen LogP contribution in [0.1, 0.15) is 5.56 Å². The average Bonchev–Trinajstić information content (AvgIpc) is 2.16. The summed E-state index contributed by atoms with van der Waals surface area (Å²) in [6.45, 7) is 7.57. The maximum Gasteiger partial charge on any atom is 0.254 e. The molecular formula is C11H14NO+. The molecule has 13 heavy (non-hydrogen) atoms. The first-order valence-electron chi connectivity index (χ1n) is 4.04. The molecule has 0 radical (unpaired) electrons. The summed E-state index contributed by atoms with van der Waals surface area (Å²) >= 11 is 0. The molecule has 0 fully saturated rings. The molecule has 0 saturated carbocycles. The molecule has 0 saturated heterocycles. The number of methoxy groups -OCH3 is 1. The highest BCUT2D eigenvalue weighted by Gasteiger charge is 2.13. The van der Waals surface area contributed by atoms with Gasteiger partial charge in [-0.3, -0.25) is 0 Å². The van der Waals surface area contributed by atoms with E-state index in [9.17, 15) is 0 Å². The zero-order valence-corrected chi connectivity index (χ0v) is 8.08. The van der Waals surface area contributed by atoms with Gasteiger partial charge in [-0.25, -0.2) is 4.58 Å². The Morgan fingerprint density at radius 3 is 2.62 bits per heavy atom. The van der Waals surface area contributed by atoms with Crippen molar-refractivity contribution in [3.63, 3.8) is 0 Å². The van der Waals surface area contributed by atoms with Crippen molar-refractivity contribution in [2.75, 3.05) is 14.2 Å². The number of nitrogens with zero attached hydrogens (tertiary/aromatic N) is 1. The molecule has 0 spiro atoms. The Morgan fingerprint density at radius 1 is 1.46 bits per heavy atom. The fraction of sp³-hybridized carbons (Fsp3) is 0.182. The number of hydrogen-bond acceptors (Lipinski definition) is 1. The van der Waals surface area contributed by atoms with Crippen molar-refractivity contribution in [2.24, 2.45) is 0 Å². The predicted molar refractivity (Wildman–Crippen MR) is 56.1 cm³/mol. The Morgan fingerprint density at radius 2 is 2.15 bits per heavy atom. The molecule has 2 heteroatoms. The third kappa shape index (κ3) is 1.78. The van der Waals surface area contributed by atoms with E-state index in [2.05, 4.69) is 13.3 Å². The average molecular weight is 176 g/mol. The Labute approximate surface area is 78.8 Å². The van der Waals surface area contributed by atoms with Crippen LogP contribution in [0.4, 0.5) is 5.69 Å². The van der Waals surface area contributed by atoms with Crippen LogP contribution >= 0.6 is 0 Å². The first-order valence-corrected chi connectivity index (χ1v) is 4.04. The van der Waals surface area contributed by atoms with E-state index < -0.39 is 0 Å². The number of rotatable bonds is 3. The van der Waals surface area contributed by atoms with E-state index in [1.54, 1.807) is 17.8 Å². The molecule has 68 valence electrons. The number of benzene rings is 1. The maximum absolute atomic E-state index is 5.22. The summed E-state index contributed by atoms with van der Waals surface area (Å²) in [5.74, 6) is 0.815. The van der Waals surface area contributed by atoms with E-state index in [1.165, 1.54) is 0 Å². The first kappa shape index (κ1) is 9.52. The zero-order valence-electron chi connectivity index (χ0n) is 8.08.